The van der Waals surface area contributed by atoms with Crippen LogP contribution in [0.3, 0.4) is 0 Å². The molecule has 1 saturated heterocycles. The number of β-lactam (4-membered cyclic amide) rings is 1. The Hall–Kier alpha value is -2.90. The monoisotopic (exact) mass is 348 g/mol. The zero-order valence-corrected chi connectivity index (χ0v) is 14.1. The van der Waals surface area contributed by atoms with Gasteiger partial charge in [0.15, 0.2) is 0 Å². The molecule has 1 aromatic carbocycles. The highest BCUT2D eigenvalue weighted by Crippen LogP contribution is 2.20. The molecule has 0 saturated carbocycles. The van der Waals surface area contributed by atoms with E-state index < -0.39 is 30.1 Å². The highest BCUT2D eigenvalue weighted by molar-refractivity contribution is 6.06. The van der Waals surface area contributed by atoms with Gasteiger partial charge in [-0.15, -0.1) is 0 Å². The molecule has 1 aromatic rings. The minimum absolute atomic E-state index is 0.00607. The minimum Gasteiger partial charge on any atom is -0.464 e. The molecule has 1 N–H and O–H groups in total. The molecule has 1 aliphatic rings. The average Bonchev–Trinajstić information content (AvgIpc) is 2.57. The number of benzene rings is 1. The van der Waals surface area contributed by atoms with Gasteiger partial charge in [-0.2, -0.15) is 0 Å². The second kappa shape index (κ2) is 8.27. The number of esters is 2. The standard InChI is InChI=1S/C17H20N2O6/c1-3-24-16(22)14(17(23)25-4-2)19(12-10-13(20)18-12)15(21)11-8-6-5-7-9-11/h5-9,12,14H,3-4,10H2,1-2H3,(H,18,20). The van der Waals surface area contributed by atoms with Gasteiger partial charge in [-0.05, 0) is 26.0 Å². The third-order valence-electron chi connectivity index (χ3n) is 3.60. The van der Waals surface area contributed by atoms with E-state index in [0.29, 0.717) is 0 Å². The number of nitrogens with one attached hydrogen (secondary N) is 1. The molecular weight excluding hydrogens is 328 g/mol. The summed E-state index contributed by atoms with van der Waals surface area (Å²) in [7, 11) is 0. The molecule has 1 unspecified atom stereocenters. The van der Waals surface area contributed by atoms with Crippen LogP contribution in [0.1, 0.15) is 30.6 Å². The van der Waals surface area contributed by atoms with Crippen LogP contribution in [0, 0.1) is 0 Å². The Bertz CT molecular complexity index is 634. The molecule has 2 rings (SSSR count). The highest BCUT2D eigenvalue weighted by Gasteiger charge is 2.46. The molecule has 0 bridgehead atoms. The minimum atomic E-state index is -1.58. The van der Waals surface area contributed by atoms with Crippen molar-refractivity contribution in [3.05, 3.63) is 35.9 Å². The number of carbonyl (C=O) groups is 4. The zero-order valence-electron chi connectivity index (χ0n) is 14.1. The SMILES string of the molecule is CCOC(=O)C(C(=O)OCC)N(C(=O)c1ccccc1)C1CC(=O)N1. The maximum atomic E-state index is 12.9. The third-order valence-corrected chi connectivity index (χ3v) is 3.60. The van der Waals surface area contributed by atoms with E-state index in [9.17, 15) is 19.2 Å². The van der Waals surface area contributed by atoms with E-state index in [2.05, 4.69) is 5.32 Å². The first kappa shape index (κ1) is 18.4. The first-order valence-electron chi connectivity index (χ1n) is 7.99. The quantitative estimate of drug-likeness (QED) is 0.437. The van der Waals surface area contributed by atoms with Crippen molar-refractivity contribution in [2.45, 2.75) is 32.5 Å². The second-order valence-electron chi connectivity index (χ2n) is 5.27. The molecular formula is C17H20N2O6. The smallest absolute Gasteiger partial charge is 0.340 e. The predicted octanol–water partition coefficient (Wildman–Crippen LogP) is 0.470. The van der Waals surface area contributed by atoms with Crippen molar-refractivity contribution in [1.82, 2.24) is 10.2 Å². The van der Waals surface area contributed by atoms with Crippen LogP contribution in [0.15, 0.2) is 30.3 Å². The summed E-state index contributed by atoms with van der Waals surface area (Å²) < 4.78 is 9.88. The van der Waals surface area contributed by atoms with Crippen molar-refractivity contribution in [1.29, 1.82) is 0 Å². The number of carbonyl (C=O) groups excluding carboxylic acids is 4. The summed E-state index contributed by atoms with van der Waals surface area (Å²) in [4.78, 5) is 49.9. The van der Waals surface area contributed by atoms with Gasteiger partial charge in [-0.3, -0.25) is 14.5 Å². The van der Waals surface area contributed by atoms with Crippen LogP contribution >= 0.6 is 0 Å². The Morgan fingerprint density at radius 1 is 1.12 bits per heavy atom. The van der Waals surface area contributed by atoms with E-state index in [1.54, 1.807) is 44.2 Å². The molecule has 25 heavy (non-hydrogen) atoms. The van der Waals surface area contributed by atoms with E-state index in [-0.39, 0.29) is 31.1 Å². The Morgan fingerprint density at radius 2 is 1.64 bits per heavy atom. The highest BCUT2D eigenvalue weighted by atomic mass is 16.6. The van der Waals surface area contributed by atoms with Gasteiger partial charge in [0.05, 0.1) is 19.6 Å². The molecule has 1 fully saturated rings. The molecule has 0 radical (unpaired) electrons. The lowest BCUT2D eigenvalue weighted by Gasteiger charge is -2.40. The molecule has 2 amide bonds. The van der Waals surface area contributed by atoms with E-state index in [4.69, 9.17) is 9.47 Å². The number of amides is 2. The topological polar surface area (TPSA) is 102 Å². The van der Waals surface area contributed by atoms with Gasteiger partial charge in [0.1, 0.15) is 6.17 Å². The molecule has 8 nitrogen and oxygen atoms in total. The van der Waals surface area contributed by atoms with Gasteiger partial charge >= 0.3 is 11.9 Å². The lowest BCUT2D eigenvalue weighted by Crippen LogP contribution is -2.66. The van der Waals surface area contributed by atoms with E-state index in [1.165, 1.54) is 0 Å². The Kier molecular flexibility index (Phi) is 6.10. The van der Waals surface area contributed by atoms with Crippen LogP contribution in [0.4, 0.5) is 0 Å². The first-order chi connectivity index (χ1) is 12.0. The fourth-order valence-electron chi connectivity index (χ4n) is 2.44. The van der Waals surface area contributed by atoms with Crippen LogP contribution in [0.5, 0.6) is 0 Å². The Balaban J connectivity index is 2.39. The first-order valence-corrected chi connectivity index (χ1v) is 7.99. The molecule has 0 spiro atoms. The fourth-order valence-corrected chi connectivity index (χ4v) is 2.44. The molecule has 8 heteroatoms. The van der Waals surface area contributed by atoms with E-state index >= 15 is 0 Å². The van der Waals surface area contributed by atoms with Crippen LogP contribution < -0.4 is 5.32 Å². The van der Waals surface area contributed by atoms with E-state index in [1.807, 2.05) is 0 Å². The second-order valence-corrected chi connectivity index (χ2v) is 5.27. The molecule has 134 valence electrons. The van der Waals surface area contributed by atoms with Crippen molar-refractivity contribution < 1.29 is 28.7 Å². The van der Waals surface area contributed by atoms with Gasteiger partial charge in [-0.25, -0.2) is 9.59 Å². The van der Waals surface area contributed by atoms with Gasteiger partial charge in [0, 0.05) is 5.56 Å². The largest absolute Gasteiger partial charge is 0.464 e. The molecule has 1 aliphatic heterocycles. The average molecular weight is 348 g/mol. The van der Waals surface area contributed by atoms with Crippen LogP contribution in [-0.4, -0.2) is 54.1 Å². The lowest BCUT2D eigenvalue weighted by molar-refractivity contribution is -0.166. The van der Waals surface area contributed by atoms with Crippen molar-refractivity contribution in [3.8, 4) is 0 Å². The fraction of sp³-hybridized carbons (Fsp3) is 0.412. The maximum Gasteiger partial charge on any atom is 0.340 e. The zero-order chi connectivity index (χ0) is 18.4. The third kappa shape index (κ3) is 4.14. The van der Waals surface area contributed by atoms with Gasteiger partial charge in [0.2, 0.25) is 11.9 Å². The number of rotatable bonds is 7. The number of hydrogen-bond acceptors (Lipinski definition) is 6. The van der Waals surface area contributed by atoms with Gasteiger partial charge in [0.25, 0.3) is 5.91 Å². The normalized spacial score (nSPS) is 15.8. The van der Waals surface area contributed by atoms with Gasteiger partial charge in [-0.1, -0.05) is 18.2 Å². The van der Waals surface area contributed by atoms with Crippen LogP contribution in [0.2, 0.25) is 0 Å². The summed E-state index contributed by atoms with van der Waals surface area (Å²) >= 11 is 0. The summed E-state index contributed by atoms with van der Waals surface area (Å²) in [6.07, 6.45) is -0.785. The summed E-state index contributed by atoms with van der Waals surface area (Å²) in [5.74, 6) is -2.64. The summed E-state index contributed by atoms with van der Waals surface area (Å²) in [5.41, 5.74) is 0.280. The number of nitrogens with zero attached hydrogens (tertiary/aromatic N) is 1. The maximum absolute atomic E-state index is 12.9. The summed E-state index contributed by atoms with van der Waals surface area (Å²) in [5, 5.41) is 2.52. The van der Waals surface area contributed by atoms with Crippen LogP contribution in [0.25, 0.3) is 0 Å². The Labute approximate surface area is 145 Å². The van der Waals surface area contributed by atoms with Crippen molar-refractivity contribution >= 4 is 23.8 Å². The van der Waals surface area contributed by atoms with Crippen molar-refractivity contribution in [2.75, 3.05) is 13.2 Å². The Morgan fingerprint density at radius 3 is 2.08 bits per heavy atom. The lowest BCUT2D eigenvalue weighted by atomic mass is 10.1. The molecule has 1 heterocycles. The predicted molar refractivity (Wildman–Crippen MR) is 86.2 cm³/mol. The van der Waals surface area contributed by atoms with E-state index in [0.717, 1.165) is 4.90 Å². The number of ether oxygens (including phenoxy) is 2. The molecule has 1 atom stereocenters. The van der Waals surface area contributed by atoms with Gasteiger partial charge < -0.3 is 14.8 Å². The summed E-state index contributed by atoms with van der Waals surface area (Å²) in [6, 6.07) is 6.59. The number of hydrogen-bond donors (Lipinski definition) is 1. The van der Waals surface area contributed by atoms with Crippen molar-refractivity contribution in [2.24, 2.45) is 0 Å². The molecule has 0 aromatic heterocycles. The molecule has 0 aliphatic carbocycles. The summed E-state index contributed by atoms with van der Waals surface area (Å²) in [6.45, 7) is 3.27. The van der Waals surface area contributed by atoms with Crippen LogP contribution in [-0.2, 0) is 23.9 Å². The van der Waals surface area contributed by atoms with Crippen molar-refractivity contribution in [3.63, 3.8) is 0 Å².